The van der Waals surface area contributed by atoms with E-state index < -0.39 is 23.4 Å². The van der Waals surface area contributed by atoms with Crippen molar-refractivity contribution in [2.24, 2.45) is 0 Å². The van der Waals surface area contributed by atoms with Gasteiger partial charge in [0, 0.05) is 6.54 Å². The maximum absolute atomic E-state index is 14.0. The molecule has 2 aromatic rings. The van der Waals surface area contributed by atoms with Crippen LogP contribution in [-0.4, -0.2) is 12.5 Å². The standard InChI is InChI=1S/C16H12F3NO/c17-11-6-7-13(18)12(9-11)16(21)20-8-2-4-10-3-1-5-14(19)15(10)20/h1,3,5-7,9H,2,4,8H2. The quantitative estimate of drug-likeness (QED) is 0.784. The number of fused-ring (bicyclic) bond motifs is 1. The summed E-state index contributed by atoms with van der Waals surface area (Å²) >= 11 is 0. The molecule has 1 aliphatic rings. The normalized spacial score (nSPS) is 14.0. The van der Waals surface area contributed by atoms with Gasteiger partial charge in [-0.15, -0.1) is 0 Å². The van der Waals surface area contributed by atoms with Crippen molar-refractivity contribution in [1.82, 2.24) is 0 Å². The molecule has 0 aliphatic carbocycles. The number of halogens is 3. The van der Waals surface area contributed by atoms with Gasteiger partial charge in [0.25, 0.3) is 5.91 Å². The van der Waals surface area contributed by atoms with Gasteiger partial charge >= 0.3 is 0 Å². The summed E-state index contributed by atoms with van der Waals surface area (Å²) < 4.78 is 41.0. The Morgan fingerprint density at radius 3 is 2.67 bits per heavy atom. The number of carbonyl (C=O) groups excluding carboxylic acids is 1. The molecule has 0 saturated heterocycles. The van der Waals surface area contributed by atoms with Crippen molar-refractivity contribution in [1.29, 1.82) is 0 Å². The fourth-order valence-electron chi connectivity index (χ4n) is 2.61. The molecule has 1 amide bonds. The number of amides is 1. The molecule has 5 heteroatoms. The average Bonchev–Trinajstić information content (AvgIpc) is 2.49. The molecule has 0 fully saturated rings. The Kier molecular flexibility index (Phi) is 3.41. The summed E-state index contributed by atoms with van der Waals surface area (Å²) in [6.45, 7) is 0.280. The second-order valence-corrected chi connectivity index (χ2v) is 4.93. The molecule has 21 heavy (non-hydrogen) atoms. The van der Waals surface area contributed by atoms with Crippen LogP contribution in [0.2, 0.25) is 0 Å². The molecule has 0 bridgehead atoms. The van der Waals surface area contributed by atoms with Gasteiger partial charge < -0.3 is 4.90 Å². The van der Waals surface area contributed by atoms with Crippen LogP contribution in [0.15, 0.2) is 36.4 Å². The number of anilines is 1. The van der Waals surface area contributed by atoms with Crippen LogP contribution in [0.5, 0.6) is 0 Å². The fraction of sp³-hybridized carbons (Fsp3) is 0.188. The van der Waals surface area contributed by atoms with Crippen molar-refractivity contribution in [3.8, 4) is 0 Å². The molecule has 0 unspecified atom stereocenters. The van der Waals surface area contributed by atoms with Crippen molar-refractivity contribution in [2.75, 3.05) is 11.4 Å². The van der Waals surface area contributed by atoms with Gasteiger partial charge in [-0.2, -0.15) is 0 Å². The van der Waals surface area contributed by atoms with Crippen molar-refractivity contribution in [3.63, 3.8) is 0 Å². The molecule has 1 aliphatic heterocycles. The number of benzene rings is 2. The lowest BCUT2D eigenvalue weighted by atomic mass is 10.00. The highest BCUT2D eigenvalue weighted by Crippen LogP contribution is 2.31. The van der Waals surface area contributed by atoms with Crippen LogP contribution in [0.25, 0.3) is 0 Å². The fourth-order valence-corrected chi connectivity index (χ4v) is 2.61. The molecule has 2 nitrogen and oxygen atoms in total. The third-order valence-electron chi connectivity index (χ3n) is 3.57. The highest BCUT2D eigenvalue weighted by atomic mass is 19.1. The molecule has 1 heterocycles. The minimum absolute atomic E-state index is 0.164. The third-order valence-corrected chi connectivity index (χ3v) is 3.57. The Morgan fingerprint density at radius 1 is 1.05 bits per heavy atom. The van der Waals surface area contributed by atoms with E-state index in [4.69, 9.17) is 0 Å². The van der Waals surface area contributed by atoms with E-state index in [1.807, 2.05) is 0 Å². The van der Waals surface area contributed by atoms with Gasteiger partial charge in [0.05, 0.1) is 11.3 Å². The topological polar surface area (TPSA) is 20.3 Å². The van der Waals surface area contributed by atoms with Crippen LogP contribution < -0.4 is 4.90 Å². The third kappa shape index (κ3) is 2.39. The van der Waals surface area contributed by atoms with E-state index in [1.165, 1.54) is 11.0 Å². The van der Waals surface area contributed by atoms with Crippen LogP contribution in [0, 0.1) is 17.5 Å². The highest BCUT2D eigenvalue weighted by Gasteiger charge is 2.28. The summed E-state index contributed by atoms with van der Waals surface area (Å²) in [7, 11) is 0. The first-order valence-electron chi connectivity index (χ1n) is 6.62. The van der Waals surface area contributed by atoms with E-state index in [9.17, 15) is 18.0 Å². The van der Waals surface area contributed by atoms with E-state index >= 15 is 0 Å². The lowest BCUT2D eigenvalue weighted by molar-refractivity contribution is 0.0979. The molecule has 0 aromatic heterocycles. The maximum atomic E-state index is 14.0. The van der Waals surface area contributed by atoms with Gasteiger partial charge in [0.2, 0.25) is 0 Å². The first kappa shape index (κ1) is 13.7. The average molecular weight is 291 g/mol. The first-order valence-corrected chi connectivity index (χ1v) is 6.62. The first-order chi connectivity index (χ1) is 10.1. The Labute approximate surface area is 119 Å². The summed E-state index contributed by atoms with van der Waals surface area (Å²) in [6.07, 6.45) is 1.31. The van der Waals surface area contributed by atoms with Crippen LogP contribution in [0.1, 0.15) is 22.3 Å². The van der Waals surface area contributed by atoms with Crippen molar-refractivity contribution in [2.45, 2.75) is 12.8 Å². The molecule has 108 valence electrons. The van der Waals surface area contributed by atoms with Crippen LogP contribution in [0.3, 0.4) is 0 Å². The minimum Gasteiger partial charge on any atom is -0.305 e. The SMILES string of the molecule is O=C(c1cc(F)ccc1F)N1CCCc2cccc(F)c21. The summed E-state index contributed by atoms with van der Waals surface area (Å²) in [6, 6.07) is 7.25. The Balaban J connectivity index is 2.06. The van der Waals surface area contributed by atoms with Crippen molar-refractivity contribution >= 4 is 11.6 Å². The van der Waals surface area contributed by atoms with Gasteiger partial charge in [-0.3, -0.25) is 4.79 Å². The summed E-state index contributed by atoms with van der Waals surface area (Å²) in [5, 5.41) is 0. The zero-order chi connectivity index (χ0) is 15.0. The van der Waals surface area contributed by atoms with E-state index in [0.29, 0.717) is 18.4 Å². The molecule has 2 aromatic carbocycles. The predicted octanol–water partition coefficient (Wildman–Crippen LogP) is 3.70. The van der Waals surface area contributed by atoms with E-state index in [-0.39, 0.29) is 17.8 Å². The number of nitrogens with zero attached hydrogens (tertiary/aromatic N) is 1. The molecular formula is C16H12F3NO. The highest BCUT2D eigenvalue weighted by molar-refractivity contribution is 6.07. The molecule has 0 saturated carbocycles. The number of para-hydroxylation sites is 1. The van der Waals surface area contributed by atoms with E-state index in [2.05, 4.69) is 0 Å². The summed E-state index contributed by atoms with van der Waals surface area (Å²) in [4.78, 5) is 13.6. The zero-order valence-electron chi connectivity index (χ0n) is 11.1. The lowest BCUT2D eigenvalue weighted by Gasteiger charge is -2.30. The number of rotatable bonds is 1. The Morgan fingerprint density at radius 2 is 1.86 bits per heavy atom. The van der Waals surface area contributed by atoms with Gasteiger partial charge in [-0.05, 0) is 42.7 Å². The van der Waals surface area contributed by atoms with Gasteiger partial charge in [-0.1, -0.05) is 12.1 Å². The van der Waals surface area contributed by atoms with Crippen molar-refractivity contribution < 1.29 is 18.0 Å². The maximum Gasteiger partial charge on any atom is 0.261 e. The minimum atomic E-state index is -0.815. The molecule has 0 radical (unpaired) electrons. The Bertz CT molecular complexity index is 715. The Hall–Kier alpha value is -2.30. The predicted molar refractivity (Wildman–Crippen MR) is 72.8 cm³/mol. The van der Waals surface area contributed by atoms with Gasteiger partial charge in [-0.25, -0.2) is 13.2 Å². The summed E-state index contributed by atoms with van der Waals surface area (Å²) in [5.74, 6) is -2.77. The van der Waals surface area contributed by atoms with E-state index in [0.717, 1.165) is 18.2 Å². The van der Waals surface area contributed by atoms with E-state index in [1.54, 1.807) is 12.1 Å². The second-order valence-electron chi connectivity index (χ2n) is 4.93. The van der Waals surface area contributed by atoms with Crippen molar-refractivity contribution in [3.05, 3.63) is 65.0 Å². The zero-order valence-corrected chi connectivity index (χ0v) is 11.1. The van der Waals surface area contributed by atoms with Gasteiger partial charge in [0.15, 0.2) is 0 Å². The smallest absolute Gasteiger partial charge is 0.261 e. The molecule has 0 N–H and O–H groups in total. The molecular weight excluding hydrogens is 279 g/mol. The number of aryl methyl sites for hydroxylation is 1. The molecule has 3 rings (SSSR count). The molecule has 0 atom stereocenters. The number of hydrogen-bond donors (Lipinski definition) is 0. The van der Waals surface area contributed by atoms with Gasteiger partial charge in [0.1, 0.15) is 17.5 Å². The monoisotopic (exact) mass is 291 g/mol. The largest absolute Gasteiger partial charge is 0.305 e. The van der Waals surface area contributed by atoms with Crippen LogP contribution in [-0.2, 0) is 6.42 Å². The molecule has 0 spiro atoms. The van der Waals surface area contributed by atoms with Crippen LogP contribution in [0.4, 0.5) is 18.9 Å². The number of carbonyl (C=O) groups is 1. The second kappa shape index (κ2) is 5.24. The number of hydrogen-bond acceptors (Lipinski definition) is 1. The summed E-state index contributed by atoms with van der Waals surface area (Å²) in [5.41, 5.74) is 0.481. The lowest BCUT2D eigenvalue weighted by Crippen LogP contribution is -2.36. The van der Waals surface area contributed by atoms with Crippen LogP contribution >= 0.6 is 0 Å².